The summed E-state index contributed by atoms with van der Waals surface area (Å²) in [7, 11) is 0. The van der Waals surface area contributed by atoms with Gasteiger partial charge in [-0.15, -0.1) is 0 Å². The lowest BCUT2D eigenvalue weighted by Gasteiger charge is -2.10. The van der Waals surface area contributed by atoms with Crippen molar-refractivity contribution < 1.29 is 4.74 Å². The highest BCUT2D eigenvalue weighted by Gasteiger charge is 2.02. The largest absolute Gasteiger partial charge is 0.494 e. The summed E-state index contributed by atoms with van der Waals surface area (Å²) in [5.41, 5.74) is 9.03. The molecule has 114 valence electrons. The topological polar surface area (TPSA) is 35.2 Å². The Kier molecular flexibility index (Phi) is 8.17. The van der Waals surface area contributed by atoms with Crippen LogP contribution in [-0.4, -0.2) is 6.61 Å². The number of anilines is 1. The molecule has 0 unspecified atom stereocenters. The second-order valence-corrected chi connectivity index (χ2v) is 5.79. The highest BCUT2D eigenvalue weighted by molar-refractivity contribution is 5.55. The van der Waals surface area contributed by atoms with Crippen LogP contribution < -0.4 is 10.5 Å². The fraction of sp³-hybridized carbons (Fsp3) is 0.667. The molecule has 1 aromatic rings. The molecule has 0 radical (unpaired) electrons. The van der Waals surface area contributed by atoms with Gasteiger partial charge in [0.1, 0.15) is 5.75 Å². The molecule has 20 heavy (non-hydrogen) atoms. The van der Waals surface area contributed by atoms with E-state index >= 15 is 0 Å². The predicted molar refractivity (Wildman–Crippen MR) is 88.4 cm³/mol. The minimum atomic E-state index is 0.817. The standard InChI is InChI=1S/C18H31NO/c1-4-5-6-7-8-9-10-11-12-20-17-13-15(2)18(19)16(3)14-17/h13-14H,4-12,19H2,1-3H3. The Hall–Kier alpha value is -1.18. The average Bonchev–Trinajstić information content (AvgIpc) is 2.43. The molecule has 0 heterocycles. The maximum atomic E-state index is 5.94. The Morgan fingerprint density at radius 1 is 0.850 bits per heavy atom. The monoisotopic (exact) mass is 277 g/mol. The molecule has 0 amide bonds. The number of benzene rings is 1. The Morgan fingerprint density at radius 2 is 1.35 bits per heavy atom. The second kappa shape index (κ2) is 9.68. The van der Waals surface area contributed by atoms with Crippen LogP contribution in [0.25, 0.3) is 0 Å². The van der Waals surface area contributed by atoms with E-state index in [4.69, 9.17) is 10.5 Å². The molecule has 0 aromatic heterocycles. The number of aryl methyl sites for hydroxylation is 2. The molecule has 0 bridgehead atoms. The summed E-state index contributed by atoms with van der Waals surface area (Å²) < 4.78 is 5.81. The summed E-state index contributed by atoms with van der Waals surface area (Å²) in [6, 6.07) is 4.07. The van der Waals surface area contributed by atoms with Gasteiger partial charge in [-0.2, -0.15) is 0 Å². The minimum Gasteiger partial charge on any atom is -0.494 e. The van der Waals surface area contributed by atoms with E-state index in [2.05, 4.69) is 6.92 Å². The molecule has 0 fully saturated rings. The van der Waals surface area contributed by atoms with E-state index in [-0.39, 0.29) is 0 Å². The maximum absolute atomic E-state index is 5.94. The third-order valence-electron chi connectivity index (χ3n) is 3.83. The number of nitrogen functional groups attached to an aromatic ring is 1. The molecule has 0 aliphatic rings. The number of hydrogen-bond acceptors (Lipinski definition) is 2. The predicted octanol–water partition coefficient (Wildman–Crippen LogP) is 5.41. The van der Waals surface area contributed by atoms with Gasteiger partial charge in [-0.3, -0.25) is 0 Å². The lowest BCUT2D eigenvalue weighted by molar-refractivity contribution is 0.304. The van der Waals surface area contributed by atoms with Crippen LogP contribution in [-0.2, 0) is 0 Å². The van der Waals surface area contributed by atoms with Crippen molar-refractivity contribution in [2.75, 3.05) is 12.3 Å². The van der Waals surface area contributed by atoms with E-state index in [1.54, 1.807) is 0 Å². The summed E-state index contributed by atoms with van der Waals surface area (Å²) in [6.45, 7) is 7.15. The van der Waals surface area contributed by atoms with Crippen LogP contribution >= 0.6 is 0 Å². The first-order chi connectivity index (χ1) is 9.65. The first-order valence-corrected chi connectivity index (χ1v) is 8.14. The maximum Gasteiger partial charge on any atom is 0.119 e. The normalized spacial score (nSPS) is 10.8. The number of hydrogen-bond donors (Lipinski definition) is 1. The molecule has 2 N–H and O–H groups in total. The number of rotatable bonds is 10. The van der Waals surface area contributed by atoms with E-state index in [1.807, 2.05) is 26.0 Å². The first-order valence-electron chi connectivity index (χ1n) is 8.14. The van der Waals surface area contributed by atoms with Crippen LogP contribution in [0, 0.1) is 13.8 Å². The fourth-order valence-corrected chi connectivity index (χ4v) is 2.44. The zero-order valence-electron chi connectivity index (χ0n) is 13.5. The lowest BCUT2D eigenvalue weighted by atomic mass is 10.1. The molecule has 0 saturated heterocycles. The Balaban J connectivity index is 2.10. The van der Waals surface area contributed by atoms with E-state index < -0.39 is 0 Å². The third-order valence-corrected chi connectivity index (χ3v) is 3.83. The van der Waals surface area contributed by atoms with Gasteiger partial charge in [0.05, 0.1) is 6.61 Å². The smallest absolute Gasteiger partial charge is 0.119 e. The summed E-state index contributed by atoms with van der Waals surface area (Å²) in [6.07, 6.45) is 10.7. The van der Waals surface area contributed by atoms with Crippen molar-refractivity contribution in [2.24, 2.45) is 0 Å². The van der Waals surface area contributed by atoms with Crippen molar-refractivity contribution in [2.45, 2.75) is 72.1 Å². The van der Waals surface area contributed by atoms with E-state index in [0.29, 0.717) is 0 Å². The quantitative estimate of drug-likeness (QED) is 0.458. The summed E-state index contributed by atoms with van der Waals surface area (Å²) >= 11 is 0. The van der Waals surface area contributed by atoms with Crippen molar-refractivity contribution >= 4 is 5.69 Å². The number of unbranched alkanes of at least 4 members (excludes halogenated alkanes) is 7. The molecular weight excluding hydrogens is 246 g/mol. The fourth-order valence-electron chi connectivity index (χ4n) is 2.44. The Morgan fingerprint density at radius 3 is 1.90 bits per heavy atom. The number of ether oxygens (including phenoxy) is 1. The molecule has 0 aliphatic heterocycles. The SMILES string of the molecule is CCCCCCCCCCOc1cc(C)c(N)c(C)c1. The van der Waals surface area contributed by atoms with Crippen LogP contribution in [0.2, 0.25) is 0 Å². The van der Waals surface area contributed by atoms with Gasteiger partial charge in [0.25, 0.3) is 0 Å². The van der Waals surface area contributed by atoms with E-state index in [0.717, 1.165) is 35.6 Å². The lowest BCUT2D eigenvalue weighted by Crippen LogP contribution is -2.00. The first kappa shape index (κ1) is 16.9. The highest BCUT2D eigenvalue weighted by Crippen LogP contribution is 2.23. The highest BCUT2D eigenvalue weighted by atomic mass is 16.5. The molecule has 0 atom stereocenters. The molecule has 0 aliphatic carbocycles. The van der Waals surface area contributed by atoms with Crippen molar-refractivity contribution in [3.8, 4) is 5.75 Å². The van der Waals surface area contributed by atoms with Gasteiger partial charge >= 0.3 is 0 Å². The van der Waals surface area contributed by atoms with Crippen molar-refractivity contribution in [3.05, 3.63) is 23.3 Å². The Labute approximate surface area is 124 Å². The van der Waals surface area contributed by atoms with Crippen molar-refractivity contribution in [1.29, 1.82) is 0 Å². The molecule has 2 heteroatoms. The van der Waals surface area contributed by atoms with Crippen molar-refractivity contribution in [1.82, 2.24) is 0 Å². The van der Waals surface area contributed by atoms with Crippen LogP contribution in [0.3, 0.4) is 0 Å². The molecule has 0 spiro atoms. The summed E-state index contributed by atoms with van der Waals surface area (Å²) in [4.78, 5) is 0. The average molecular weight is 277 g/mol. The number of nitrogens with two attached hydrogens (primary N) is 1. The van der Waals surface area contributed by atoms with Crippen LogP contribution in [0.5, 0.6) is 5.75 Å². The Bertz CT molecular complexity index is 364. The van der Waals surface area contributed by atoms with E-state index in [9.17, 15) is 0 Å². The molecule has 0 saturated carbocycles. The van der Waals surface area contributed by atoms with Crippen LogP contribution in [0.4, 0.5) is 5.69 Å². The third kappa shape index (κ3) is 6.31. The zero-order chi connectivity index (χ0) is 14.8. The van der Waals surface area contributed by atoms with Crippen LogP contribution in [0.15, 0.2) is 12.1 Å². The molecule has 1 aromatic carbocycles. The summed E-state index contributed by atoms with van der Waals surface area (Å²) in [5, 5.41) is 0. The minimum absolute atomic E-state index is 0.817. The van der Waals surface area contributed by atoms with Gasteiger partial charge in [0.15, 0.2) is 0 Å². The second-order valence-electron chi connectivity index (χ2n) is 5.79. The van der Waals surface area contributed by atoms with Gasteiger partial charge in [0.2, 0.25) is 0 Å². The van der Waals surface area contributed by atoms with Crippen molar-refractivity contribution in [3.63, 3.8) is 0 Å². The van der Waals surface area contributed by atoms with Gasteiger partial charge in [-0.05, 0) is 43.5 Å². The molecule has 1 rings (SSSR count). The summed E-state index contributed by atoms with van der Waals surface area (Å²) in [5.74, 6) is 0.956. The molecular formula is C18H31NO. The molecule has 2 nitrogen and oxygen atoms in total. The van der Waals surface area contributed by atoms with Crippen LogP contribution in [0.1, 0.15) is 69.4 Å². The zero-order valence-corrected chi connectivity index (χ0v) is 13.5. The van der Waals surface area contributed by atoms with Gasteiger partial charge in [0, 0.05) is 5.69 Å². The van der Waals surface area contributed by atoms with E-state index in [1.165, 1.54) is 44.9 Å². The van der Waals surface area contributed by atoms with Gasteiger partial charge < -0.3 is 10.5 Å². The van der Waals surface area contributed by atoms with Gasteiger partial charge in [-0.1, -0.05) is 51.9 Å². The van der Waals surface area contributed by atoms with Gasteiger partial charge in [-0.25, -0.2) is 0 Å².